The summed E-state index contributed by atoms with van der Waals surface area (Å²) in [5.41, 5.74) is 11.5. The highest BCUT2D eigenvalue weighted by molar-refractivity contribution is 6.16. The van der Waals surface area contributed by atoms with Crippen molar-refractivity contribution in [2.45, 2.75) is 77.2 Å². The number of benzene rings is 6. The first-order valence-electron chi connectivity index (χ1n) is 24.4. The molecular weight excluding hydrogens is 925 g/mol. The number of anilines is 2. The highest BCUT2D eigenvalue weighted by Gasteiger charge is 2.38. The predicted octanol–water partition coefficient (Wildman–Crippen LogP) is 9.88. The molecule has 4 aliphatic heterocycles. The number of amides is 3. The number of fused-ring (bicyclic) bond motifs is 8. The third-order valence-electron chi connectivity index (χ3n) is 13.3. The second-order valence-electron chi connectivity index (χ2n) is 18.3. The summed E-state index contributed by atoms with van der Waals surface area (Å²) in [6, 6.07) is 37.7. The van der Waals surface area contributed by atoms with Gasteiger partial charge in [-0.3, -0.25) is 34.2 Å². The Morgan fingerprint density at radius 1 is 0.616 bits per heavy atom. The number of para-hydroxylation sites is 2. The lowest BCUT2D eigenvalue weighted by atomic mass is 10.0. The van der Waals surface area contributed by atoms with Gasteiger partial charge in [0.2, 0.25) is 5.91 Å². The molecule has 0 aromatic heterocycles. The molecular formula is C58H54N6O9. The Labute approximate surface area is 423 Å². The minimum absolute atomic E-state index is 0.0574. The minimum atomic E-state index is -0.317. The number of unbranched alkanes of at least 4 members (excludes halogenated alkanes) is 1. The van der Waals surface area contributed by atoms with Crippen molar-refractivity contribution in [2.24, 2.45) is 15.1 Å². The first kappa shape index (κ1) is 48.1. The van der Waals surface area contributed by atoms with E-state index in [1.54, 1.807) is 48.3 Å². The number of nitrogens with zero attached hydrogens (tertiary/aromatic N) is 5. The smallest absolute Gasteiger partial charge is 0.261 e. The zero-order valence-corrected chi connectivity index (χ0v) is 40.8. The van der Waals surface area contributed by atoms with Crippen LogP contribution in [-0.2, 0) is 35.6 Å². The van der Waals surface area contributed by atoms with Gasteiger partial charge >= 0.3 is 0 Å². The lowest BCUT2D eigenvalue weighted by molar-refractivity contribution is -0.124. The van der Waals surface area contributed by atoms with Crippen molar-refractivity contribution in [3.63, 3.8) is 0 Å². The molecule has 15 heteroatoms. The molecule has 0 saturated heterocycles. The largest absolute Gasteiger partial charge is 0.494 e. The number of carbonyl (C=O) groups excluding carboxylic acids is 4. The van der Waals surface area contributed by atoms with Gasteiger partial charge in [-0.05, 0) is 96.5 Å². The normalized spacial score (nSPS) is 16.0. The molecule has 15 nitrogen and oxygen atoms in total. The van der Waals surface area contributed by atoms with Crippen molar-refractivity contribution in [3.8, 4) is 28.7 Å². The summed E-state index contributed by atoms with van der Waals surface area (Å²) in [7, 11) is 3.08. The molecule has 3 amide bonds. The Balaban J connectivity index is 0.874. The quantitative estimate of drug-likeness (QED) is 0.0472. The number of hydrogen-bond acceptors (Lipinski definition) is 12. The van der Waals surface area contributed by atoms with E-state index in [0.717, 1.165) is 44.9 Å². The molecule has 73 heavy (non-hydrogen) atoms. The van der Waals surface area contributed by atoms with Crippen molar-refractivity contribution in [3.05, 3.63) is 160 Å². The molecule has 0 unspecified atom stereocenters. The molecule has 0 saturated carbocycles. The van der Waals surface area contributed by atoms with Crippen LogP contribution in [0.1, 0.15) is 87.6 Å². The van der Waals surface area contributed by atoms with Crippen molar-refractivity contribution in [2.75, 3.05) is 30.6 Å². The summed E-state index contributed by atoms with van der Waals surface area (Å²) in [4.78, 5) is 65.2. The van der Waals surface area contributed by atoms with Crippen LogP contribution in [0.4, 0.5) is 22.7 Å². The molecule has 0 fully saturated rings. The molecule has 0 radical (unpaired) electrons. The first-order valence-corrected chi connectivity index (χ1v) is 24.4. The van der Waals surface area contributed by atoms with Crippen LogP contribution < -0.4 is 38.9 Å². The average molecular weight is 979 g/mol. The van der Waals surface area contributed by atoms with E-state index < -0.39 is 0 Å². The van der Waals surface area contributed by atoms with Gasteiger partial charge < -0.3 is 28.5 Å². The Kier molecular flexibility index (Phi) is 14.1. The van der Waals surface area contributed by atoms with Gasteiger partial charge in [-0.2, -0.15) is 5.10 Å². The van der Waals surface area contributed by atoms with Gasteiger partial charge in [0, 0.05) is 61.6 Å². The van der Waals surface area contributed by atoms with Crippen LogP contribution in [0.3, 0.4) is 0 Å². The van der Waals surface area contributed by atoms with Gasteiger partial charge in [-0.1, -0.05) is 66.7 Å². The van der Waals surface area contributed by atoms with Crippen LogP contribution in [0.5, 0.6) is 28.7 Å². The maximum absolute atomic E-state index is 14.1. The molecule has 4 heterocycles. The van der Waals surface area contributed by atoms with Crippen LogP contribution in [-0.4, -0.2) is 74.6 Å². The van der Waals surface area contributed by atoms with E-state index in [4.69, 9.17) is 33.7 Å². The number of rotatable bonds is 19. The molecule has 4 aliphatic rings. The van der Waals surface area contributed by atoms with Crippen molar-refractivity contribution in [1.29, 1.82) is 0 Å². The van der Waals surface area contributed by atoms with Crippen LogP contribution in [0.15, 0.2) is 136 Å². The van der Waals surface area contributed by atoms with Gasteiger partial charge in [0.05, 0.1) is 61.1 Å². The number of hydrogen-bond donors (Lipinski definition) is 1. The molecule has 10 rings (SSSR count). The monoisotopic (exact) mass is 978 g/mol. The number of aliphatic imine (C=N–C) groups is 2. The molecule has 0 aliphatic carbocycles. The minimum Gasteiger partial charge on any atom is -0.494 e. The zero-order valence-electron chi connectivity index (χ0n) is 40.8. The van der Waals surface area contributed by atoms with Crippen LogP contribution in [0.2, 0.25) is 0 Å². The fourth-order valence-corrected chi connectivity index (χ4v) is 9.63. The summed E-state index contributed by atoms with van der Waals surface area (Å²) in [5.74, 6) is 1.50. The summed E-state index contributed by atoms with van der Waals surface area (Å²) >= 11 is 0. The van der Waals surface area contributed by atoms with Crippen molar-refractivity contribution >= 4 is 64.4 Å². The molecule has 0 spiro atoms. The lowest BCUT2D eigenvalue weighted by Gasteiger charge is -2.22. The number of carbonyl (C=O) groups is 4. The summed E-state index contributed by atoms with van der Waals surface area (Å²) < 4.78 is 31.0. The Bertz CT molecular complexity index is 3040. The zero-order chi connectivity index (χ0) is 50.4. The van der Waals surface area contributed by atoms with Gasteiger partial charge in [-0.15, -0.1) is 0 Å². The van der Waals surface area contributed by atoms with Crippen molar-refractivity contribution < 1.29 is 42.9 Å². The van der Waals surface area contributed by atoms with E-state index >= 15 is 0 Å². The Morgan fingerprint density at radius 3 is 1.68 bits per heavy atom. The number of ketones is 1. The van der Waals surface area contributed by atoms with Gasteiger partial charge in [0.1, 0.15) is 24.7 Å². The first-order chi connectivity index (χ1) is 35.6. The number of methoxy groups -OCH3 is 2. The SMILES string of the molecule is COc1cc2c(cc1OCc1cc(COc3cc4c(cc3OC)C(=O)N3c5ccccc5C[C@H]3C=N4)cc(OCCCC/C(=N\NC(=O)CCC(C)=O)c3ccccc3)c1)N=C[C@@H]1Cc3ccccc3N1C2=O. The molecule has 6 aromatic carbocycles. The van der Waals surface area contributed by atoms with Crippen LogP contribution in [0.25, 0.3) is 0 Å². The fraction of sp³-hybridized carbons (Fsp3) is 0.259. The molecule has 370 valence electrons. The maximum Gasteiger partial charge on any atom is 0.261 e. The molecule has 6 aromatic rings. The lowest BCUT2D eigenvalue weighted by Crippen LogP contribution is -2.37. The van der Waals surface area contributed by atoms with E-state index in [0.29, 0.717) is 90.0 Å². The van der Waals surface area contributed by atoms with E-state index in [-0.39, 0.29) is 61.6 Å². The van der Waals surface area contributed by atoms with Gasteiger partial charge in [0.15, 0.2) is 23.0 Å². The van der Waals surface area contributed by atoms with Crippen molar-refractivity contribution in [1.82, 2.24) is 5.43 Å². The number of Topliss-reactive ketones (excluding diaryl/α,β-unsaturated/α-hetero) is 1. The number of ether oxygens (including phenoxy) is 5. The van der Waals surface area contributed by atoms with Crippen LogP contribution in [0, 0.1) is 0 Å². The third kappa shape index (κ3) is 10.4. The fourth-order valence-electron chi connectivity index (χ4n) is 9.63. The highest BCUT2D eigenvalue weighted by Crippen LogP contribution is 2.43. The Hall–Kier alpha value is -8.59. The van der Waals surface area contributed by atoms with Gasteiger partial charge in [-0.25, -0.2) is 5.43 Å². The Morgan fingerprint density at radius 2 is 1.15 bits per heavy atom. The molecule has 0 bridgehead atoms. The maximum atomic E-state index is 14.1. The number of nitrogens with one attached hydrogen (secondary N) is 1. The van der Waals surface area contributed by atoms with E-state index in [2.05, 4.69) is 10.5 Å². The average Bonchev–Trinajstić information content (AvgIpc) is 3.90. The second-order valence-corrected chi connectivity index (χ2v) is 18.3. The summed E-state index contributed by atoms with van der Waals surface area (Å²) in [5, 5.41) is 4.44. The molecule has 2 atom stereocenters. The second kappa shape index (κ2) is 21.4. The summed E-state index contributed by atoms with van der Waals surface area (Å²) in [6.07, 6.45) is 7.18. The summed E-state index contributed by atoms with van der Waals surface area (Å²) in [6.45, 7) is 2.04. The highest BCUT2D eigenvalue weighted by atomic mass is 16.5. The van der Waals surface area contributed by atoms with E-state index in [1.165, 1.54) is 6.92 Å². The topological polar surface area (TPSA) is 170 Å². The predicted molar refractivity (Wildman–Crippen MR) is 279 cm³/mol. The van der Waals surface area contributed by atoms with Gasteiger partial charge in [0.25, 0.3) is 11.8 Å². The number of hydrazone groups is 1. The van der Waals surface area contributed by atoms with E-state index in [9.17, 15) is 19.2 Å². The third-order valence-corrected chi connectivity index (χ3v) is 13.3. The standard InChI is InChI=1S/C58H54N6O9/c1-36(65)20-21-56(66)62-61-47(39-13-5-4-6-14-39)17-11-12-22-71-44-24-37(34-72-54-30-48-45(28-52(54)69-2)57(67)63-42(32-59-48)26-40-15-7-9-18-50(40)63)23-38(25-44)35-73-55-31-49-46(29-53(55)70-3)58(68)64-43(33-60-49)27-41-16-8-10-19-51(41)64/h4-10,13-16,18-19,23-25,28-33,42-43H,11-12,17,20-22,26-27,34-35H2,1-3H3,(H,62,66)/b61-47+/t42-,43-/m0/s1. The van der Waals surface area contributed by atoms with Crippen LogP contribution >= 0.6 is 0 Å². The van der Waals surface area contributed by atoms with E-state index in [1.807, 2.05) is 109 Å². The molecule has 1 N–H and O–H groups in total.